The van der Waals surface area contributed by atoms with Gasteiger partial charge in [0.15, 0.2) is 6.10 Å². The molecule has 148 valence electrons. The van der Waals surface area contributed by atoms with Gasteiger partial charge in [0.05, 0.1) is 18.6 Å². The number of unbranched alkanes of at least 4 members (excludes halogenated alkanes) is 10. The van der Waals surface area contributed by atoms with Gasteiger partial charge in [-0.15, -0.1) is 0 Å². The van der Waals surface area contributed by atoms with Gasteiger partial charge < -0.3 is 19.3 Å². The van der Waals surface area contributed by atoms with Crippen molar-refractivity contribution in [1.82, 2.24) is 9.80 Å². The number of aliphatic hydroxyl groups excluding tert-OH is 1. The lowest BCUT2D eigenvalue weighted by Gasteiger charge is -2.24. The van der Waals surface area contributed by atoms with Crippen LogP contribution in [0.1, 0.15) is 89.4 Å². The summed E-state index contributed by atoms with van der Waals surface area (Å²) in [5.41, 5.74) is 0.953. The minimum Gasteiger partial charge on any atom is -0.466 e. The SMILES string of the molecule is CCCCCCCCCCCCCN1CN(C)C=C1C(O)c1ccco1. The monoisotopic (exact) mass is 362 g/mol. The summed E-state index contributed by atoms with van der Waals surface area (Å²) in [6, 6.07) is 3.66. The fourth-order valence-corrected chi connectivity index (χ4v) is 3.70. The molecule has 2 rings (SSSR count). The zero-order valence-electron chi connectivity index (χ0n) is 16.8. The van der Waals surface area contributed by atoms with Crippen LogP contribution < -0.4 is 0 Å². The molecule has 1 aromatic rings. The number of nitrogens with zero attached hydrogens (tertiary/aromatic N) is 2. The van der Waals surface area contributed by atoms with Gasteiger partial charge in [0, 0.05) is 19.8 Å². The molecule has 0 aromatic carbocycles. The highest BCUT2D eigenvalue weighted by Crippen LogP contribution is 2.29. The fourth-order valence-electron chi connectivity index (χ4n) is 3.70. The first-order valence-electron chi connectivity index (χ1n) is 10.6. The van der Waals surface area contributed by atoms with Crippen LogP contribution in [0.4, 0.5) is 0 Å². The summed E-state index contributed by atoms with van der Waals surface area (Å²) in [5, 5.41) is 10.5. The molecule has 0 saturated carbocycles. The van der Waals surface area contributed by atoms with Gasteiger partial charge in [-0.2, -0.15) is 0 Å². The molecule has 1 atom stereocenters. The quantitative estimate of drug-likeness (QED) is 0.433. The summed E-state index contributed by atoms with van der Waals surface area (Å²) >= 11 is 0. The Labute approximate surface area is 159 Å². The second-order valence-corrected chi connectivity index (χ2v) is 7.67. The second-order valence-electron chi connectivity index (χ2n) is 7.67. The van der Waals surface area contributed by atoms with Crippen molar-refractivity contribution in [1.29, 1.82) is 0 Å². The minimum atomic E-state index is -0.664. The largest absolute Gasteiger partial charge is 0.466 e. The first-order chi connectivity index (χ1) is 12.7. The molecule has 4 nitrogen and oxygen atoms in total. The summed E-state index contributed by atoms with van der Waals surface area (Å²) in [5.74, 6) is 0.621. The van der Waals surface area contributed by atoms with Crippen molar-refractivity contribution in [2.24, 2.45) is 0 Å². The van der Waals surface area contributed by atoms with Crippen LogP contribution in [0.3, 0.4) is 0 Å². The molecule has 26 heavy (non-hydrogen) atoms. The molecular formula is C22H38N2O2. The molecule has 0 amide bonds. The maximum absolute atomic E-state index is 10.5. The van der Waals surface area contributed by atoms with Gasteiger partial charge in [-0.25, -0.2) is 0 Å². The van der Waals surface area contributed by atoms with E-state index in [9.17, 15) is 5.11 Å². The molecule has 1 aromatic heterocycles. The maximum Gasteiger partial charge on any atom is 0.153 e. The molecule has 0 bridgehead atoms. The molecule has 0 aliphatic carbocycles. The molecule has 1 aliphatic rings. The molecule has 2 heterocycles. The highest BCUT2D eigenvalue weighted by molar-refractivity contribution is 5.19. The van der Waals surface area contributed by atoms with E-state index in [1.54, 1.807) is 6.26 Å². The van der Waals surface area contributed by atoms with Crippen LogP contribution in [0, 0.1) is 0 Å². The van der Waals surface area contributed by atoms with Crippen molar-refractivity contribution < 1.29 is 9.52 Å². The summed E-state index contributed by atoms with van der Waals surface area (Å²) in [6.07, 6.45) is 17.9. The van der Waals surface area contributed by atoms with E-state index in [0.29, 0.717) is 5.76 Å². The van der Waals surface area contributed by atoms with Crippen LogP contribution in [0.2, 0.25) is 0 Å². The van der Waals surface area contributed by atoms with Crippen molar-refractivity contribution in [2.45, 2.75) is 83.7 Å². The van der Waals surface area contributed by atoms with E-state index in [0.717, 1.165) is 18.9 Å². The summed E-state index contributed by atoms with van der Waals surface area (Å²) < 4.78 is 5.37. The smallest absolute Gasteiger partial charge is 0.153 e. The third-order valence-corrected chi connectivity index (χ3v) is 5.24. The Hall–Kier alpha value is -1.42. The van der Waals surface area contributed by atoms with Crippen LogP contribution in [0.15, 0.2) is 34.7 Å². The predicted octanol–water partition coefficient (Wildman–Crippen LogP) is 5.67. The summed E-state index contributed by atoms with van der Waals surface area (Å²) in [4.78, 5) is 4.40. The number of furan rings is 1. The number of aliphatic hydroxyl groups is 1. The highest BCUT2D eigenvalue weighted by atomic mass is 16.4. The molecule has 0 spiro atoms. The third kappa shape index (κ3) is 7.06. The Bertz CT molecular complexity index is 498. The van der Waals surface area contributed by atoms with Gasteiger partial charge in [-0.3, -0.25) is 0 Å². The third-order valence-electron chi connectivity index (χ3n) is 5.24. The van der Waals surface area contributed by atoms with Gasteiger partial charge in [0.1, 0.15) is 5.76 Å². The average Bonchev–Trinajstić information content (AvgIpc) is 3.29. The Balaban J connectivity index is 1.55. The zero-order valence-corrected chi connectivity index (χ0v) is 16.8. The maximum atomic E-state index is 10.5. The van der Waals surface area contributed by atoms with Gasteiger partial charge in [-0.05, 0) is 18.6 Å². The van der Waals surface area contributed by atoms with E-state index < -0.39 is 6.10 Å². The van der Waals surface area contributed by atoms with E-state index >= 15 is 0 Å². The Morgan fingerprint density at radius 1 is 1.00 bits per heavy atom. The fraction of sp³-hybridized carbons (Fsp3) is 0.727. The number of rotatable bonds is 14. The van der Waals surface area contributed by atoms with Crippen molar-refractivity contribution in [3.8, 4) is 0 Å². The standard InChI is InChI=1S/C22H38N2O2/c1-3-4-5-6-7-8-9-10-11-12-13-16-24-19-23(2)18-20(24)22(25)21-15-14-17-26-21/h14-15,17-18,22,25H,3-13,16,19H2,1-2H3. The molecule has 0 saturated heterocycles. The van der Waals surface area contributed by atoms with E-state index in [2.05, 4.69) is 23.8 Å². The Kier molecular flexibility index (Phi) is 9.68. The summed E-state index contributed by atoms with van der Waals surface area (Å²) in [7, 11) is 2.05. The molecule has 4 heteroatoms. The van der Waals surface area contributed by atoms with Gasteiger partial charge in [-0.1, -0.05) is 71.1 Å². The van der Waals surface area contributed by atoms with Gasteiger partial charge >= 0.3 is 0 Å². The molecular weight excluding hydrogens is 324 g/mol. The lowest BCUT2D eigenvalue weighted by Crippen LogP contribution is -2.28. The first-order valence-corrected chi connectivity index (χ1v) is 10.6. The van der Waals surface area contributed by atoms with Crippen LogP contribution in [0.25, 0.3) is 0 Å². The van der Waals surface area contributed by atoms with Crippen molar-refractivity contribution in [3.63, 3.8) is 0 Å². The highest BCUT2D eigenvalue weighted by Gasteiger charge is 2.26. The van der Waals surface area contributed by atoms with Crippen LogP contribution >= 0.6 is 0 Å². The van der Waals surface area contributed by atoms with Crippen molar-refractivity contribution in [3.05, 3.63) is 36.1 Å². The first kappa shape index (κ1) is 20.9. The molecule has 1 aliphatic heterocycles. The molecule has 1 N–H and O–H groups in total. The van der Waals surface area contributed by atoms with Crippen molar-refractivity contribution in [2.75, 3.05) is 20.3 Å². The Morgan fingerprint density at radius 2 is 1.62 bits per heavy atom. The zero-order chi connectivity index (χ0) is 18.6. The number of hydrogen-bond donors (Lipinski definition) is 1. The second kappa shape index (κ2) is 12.1. The molecule has 1 unspecified atom stereocenters. The van der Waals surface area contributed by atoms with E-state index in [1.807, 2.05) is 18.3 Å². The van der Waals surface area contributed by atoms with E-state index in [-0.39, 0.29) is 0 Å². The van der Waals surface area contributed by atoms with Crippen molar-refractivity contribution >= 4 is 0 Å². The Morgan fingerprint density at radius 3 is 2.19 bits per heavy atom. The summed E-state index contributed by atoms with van der Waals surface area (Å²) in [6.45, 7) is 4.13. The molecule has 0 fully saturated rings. The average molecular weight is 363 g/mol. The molecule has 0 radical (unpaired) electrons. The van der Waals surface area contributed by atoms with E-state index in [4.69, 9.17) is 4.42 Å². The van der Waals surface area contributed by atoms with Crippen LogP contribution in [0.5, 0.6) is 0 Å². The lowest BCUT2D eigenvalue weighted by atomic mass is 10.1. The lowest BCUT2D eigenvalue weighted by molar-refractivity contribution is 0.142. The van der Waals surface area contributed by atoms with Gasteiger partial charge in [0.25, 0.3) is 0 Å². The normalized spacial score (nSPS) is 15.6. The van der Waals surface area contributed by atoms with E-state index in [1.165, 1.54) is 70.6 Å². The minimum absolute atomic E-state index is 0.621. The predicted molar refractivity (Wildman–Crippen MR) is 108 cm³/mol. The van der Waals surface area contributed by atoms with Gasteiger partial charge in [0.2, 0.25) is 0 Å². The van der Waals surface area contributed by atoms with Crippen LogP contribution in [-0.4, -0.2) is 35.2 Å². The number of hydrogen-bond acceptors (Lipinski definition) is 4. The topological polar surface area (TPSA) is 39.9 Å². The van der Waals surface area contributed by atoms with Crippen LogP contribution in [-0.2, 0) is 0 Å².